The molecule has 0 fully saturated rings. The molecule has 0 radical (unpaired) electrons. The molecule has 0 saturated heterocycles. The van der Waals surface area contributed by atoms with Crippen molar-refractivity contribution in [2.75, 3.05) is 29.7 Å². The monoisotopic (exact) mass is 456 g/mol. The number of hydrogen-bond acceptors (Lipinski definition) is 4. The van der Waals surface area contributed by atoms with E-state index in [0.717, 1.165) is 61.0 Å². The molecule has 166 valence electrons. The topological polar surface area (TPSA) is 24.9 Å². The first-order valence-electron chi connectivity index (χ1n) is 11.2. The molecule has 6 heteroatoms. The first-order valence-corrected chi connectivity index (χ1v) is 12.1. The largest absolute Gasteiger partial charge is 0.471 e. The summed E-state index contributed by atoms with van der Waals surface area (Å²) in [5.41, 5.74) is 4.25. The number of unbranched alkanes of at least 4 members (excludes halogenated alkanes) is 4. The molecular formula is C25H32N2O2S2. The molecule has 3 rings (SSSR count). The van der Waals surface area contributed by atoms with Crippen molar-refractivity contribution >= 4 is 46.2 Å². The maximum Gasteiger partial charge on any atom is 0.265 e. The maximum absolute atomic E-state index is 5.98. The van der Waals surface area contributed by atoms with Gasteiger partial charge in [0.2, 0.25) is 0 Å². The molecule has 0 aliphatic carbocycles. The Bertz CT molecular complexity index is 816. The highest BCUT2D eigenvalue weighted by atomic mass is 32.1. The highest BCUT2D eigenvalue weighted by Crippen LogP contribution is 2.40. The van der Waals surface area contributed by atoms with Gasteiger partial charge in [0.25, 0.3) is 10.3 Å². The predicted octanol–water partition coefficient (Wildman–Crippen LogP) is 6.92. The normalized spacial score (nSPS) is 12.6. The van der Waals surface area contributed by atoms with E-state index in [1.54, 1.807) is 0 Å². The third-order valence-corrected chi connectivity index (χ3v) is 6.03. The van der Waals surface area contributed by atoms with Gasteiger partial charge in [-0.3, -0.25) is 9.80 Å². The molecule has 4 nitrogen and oxygen atoms in total. The van der Waals surface area contributed by atoms with Crippen molar-refractivity contribution in [3.63, 3.8) is 0 Å². The van der Waals surface area contributed by atoms with Crippen molar-refractivity contribution in [1.29, 1.82) is 0 Å². The number of rotatable bonds is 8. The average Bonchev–Trinajstić information content (AvgIpc) is 2.95. The lowest BCUT2D eigenvalue weighted by Crippen LogP contribution is -2.44. The number of benzene rings is 2. The molecule has 1 heterocycles. The van der Waals surface area contributed by atoms with Crippen LogP contribution in [-0.2, 0) is 9.47 Å². The molecule has 1 aliphatic rings. The second kappa shape index (κ2) is 12.0. The molecule has 0 bridgehead atoms. The second-order valence-electron chi connectivity index (χ2n) is 7.67. The van der Waals surface area contributed by atoms with Crippen LogP contribution in [0.1, 0.15) is 52.4 Å². The van der Waals surface area contributed by atoms with Gasteiger partial charge < -0.3 is 9.47 Å². The molecule has 0 spiro atoms. The van der Waals surface area contributed by atoms with E-state index in [4.69, 9.17) is 33.9 Å². The molecular weight excluding hydrogens is 424 g/mol. The predicted molar refractivity (Wildman–Crippen MR) is 138 cm³/mol. The zero-order chi connectivity index (χ0) is 22.1. The van der Waals surface area contributed by atoms with Crippen LogP contribution in [0, 0.1) is 0 Å². The van der Waals surface area contributed by atoms with Gasteiger partial charge in [-0.1, -0.05) is 75.9 Å². The van der Waals surface area contributed by atoms with Gasteiger partial charge >= 0.3 is 0 Å². The van der Waals surface area contributed by atoms with Crippen LogP contribution in [0.4, 0.5) is 11.4 Å². The smallest absolute Gasteiger partial charge is 0.265 e. The van der Waals surface area contributed by atoms with Gasteiger partial charge in [0.05, 0.1) is 24.6 Å². The van der Waals surface area contributed by atoms with E-state index in [2.05, 4.69) is 38.1 Å². The Morgan fingerprint density at radius 3 is 1.55 bits per heavy atom. The van der Waals surface area contributed by atoms with Crippen molar-refractivity contribution in [2.45, 2.75) is 52.4 Å². The minimum atomic E-state index is 0.452. The Kier molecular flexibility index (Phi) is 9.10. The maximum atomic E-state index is 5.98. The Hall–Kier alpha value is -2.18. The summed E-state index contributed by atoms with van der Waals surface area (Å²) in [6, 6.07) is 16.6. The Morgan fingerprint density at radius 1 is 0.710 bits per heavy atom. The van der Waals surface area contributed by atoms with Gasteiger partial charge in [-0.15, -0.1) is 0 Å². The molecule has 2 aromatic rings. The van der Waals surface area contributed by atoms with Gasteiger partial charge in [0.1, 0.15) is 6.67 Å². The van der Waals surface area contributed by atoms with Crippen LogP contribution in [0.3, 0.4) is 0 Å². The van der Waals surface area contributed by atoms with Crippen LogP contribution >= 0.6 is 24.4 Å². The quantitative estimate of drug-likeness (QED) is 0.316. The van der Waals surface area contributed by atoms with Gasteiger partial charge in [-0.2, -0.15) is 0 Å². The number of hydrogen-bond donors (Lipinski definition) is 0. The van der Waals surface area contributed by atoms with Crippen LogP contribution in [0.2, 0.25) is 0 Å². The minimum absolute atomic E-state index is 0.452. The van der Waals surface area contributed by atoms with E-state index in [9.17, 15) is 0 Å². The lowest BCUT2D eigenvalue weighted by molar-refractivity contribution is 0.290. The van der Waals surface area contributed by atoms with E-state index in [1.165, 1.54) is 0 Å². The fourth-order valence-electron chi connectivity index (χ4n) is 3.66. The summed E-state index contributed by atoms with van der Waals surface area (Å²) in [6.45, 7) is 6.06. The lowest BCUT2D eigenvalue weighted by atomic mass is 10.0. The SMILES string of the molecule is CCCCCOC(=S)N1CN(C(=S)OCCCCC)c2ccccc2-c2ccccc21. The van der Waals surface area contributed by atoms with E-state index in [1.807, 2.05) is 34.1 Å². The number of nitrogens with zero attached hydrogens (tertiary/aromatic N) is 2. The summed E-state index contributed by atoms with van der Waals surface area (Å²) in [5.74, 6) is 0. The van der Waals surface area contributed by atoms with E-state index in [-0.39, 0.29) is 0 Å². The molecule has 31 heavy (non-hydrogen) atoms. The van der Waals surface area contributed by atoms with Crippen LogP contribution < -0.4 is 9.80 Å². The minimum Gasteiger partial charge on any atom is -0.471 e. The van der Waals surface area contributed by atoms with E-state index < -0.39 is 0 Å². The van der Waals surface area contributed by atoms with E-state index >= 15 is 0 Å². The zero-order valence-electron chi connectivity index (χ0n) is 18.5. The number of anilines is 2. The first-order chi connectivity index (χ1) is 15.2. The highest BCUT2D eigenvalue weighted by Gasteiger charge is 2.29. The number of ether oxygens (including phenoxy) is 2. The summed E-state index contributed by atoms with van der Waals surface area (Å²) in [7, 11) is 0. The number of thiocarbonyl (C=S) groups is 2. The summed E-state index contributed by atoms with van der Waals surface area (Å²) in [5, 5.41) is 0.935. The van der Waals surface area contributed by atoms with Crippen molar-refractivity contribution in [3.05, 3.63) is 48.5 Å². The molecule has 0 saturated carbocycles. The molecule has 0 amide bonds. The van der Waals surface area contributed by atoms with E-state index in [0.29, 0.717) is 30.2 Å². The lowest BCUT2D eigenvalue weighted by Gasteiger charge is -2.31. The van der Waals surface area contributed by atoms with Crippen LogP contribution in [0.25, 0.3) is 11.1 Å². The summed E-state index contributed by atoms with van der Waals surface area (Å²) in [6.07, 6.45) is 6.55. The molecule has 0 atom stereocenters. The van der Waals surface area contributed by atoms with Crippen LogP contribution in [0.5, 0.6) is 0 Å². The Balaban J connectivity index is 1.90. The first kappa shape index (κ1) is 23.5. The Morgan fingerprint density at radius 2 is 1.13 bits per heavy atom. The van der Waals surface area contributed by atoms with Gasteiger partial charge in [-0.25, -0.2) is 0 Å². The molecule has 2 aromatic carbocycles. The molecule has 0 aromatic heterocycles. The van der Waals surface area contributed by atoms with Gasteiger partial charge in [0.15, 0.2) is 0 Å². The van der Waals surface area contributed by atoms with Crippen molar-refractivity contribution < 1.29 is 9.47 Å². The highest BCUT2D eigenvalue weighted by molar-refractivity contribution is 7.80. The number of para-hydroxylation sites is 2. The average molecular weight is 457 g/mol. The van der Waals surface area contributed by atoms with Crippen molar-refractivity contribution in [2.24, 2.45) is 0 Å². The zero-order valence-corrected chi connectivity index (χ0v) is 20.1. The summed E-state index contributed by atoms with van der Waals surface area (Å²) in [4.78, 5) is 4.05. The van der Waals surface area contributed by atoms with Crippen molar-refractivity contribution in [1.82, 2.24) is 0 Å². The summed E-state index contributed by atoms with van der Waals surface area (Å²) >= 11 is 11.5. The van der Waals surface area contributed by atoms with Gasteiger partial charge in [0, 0.05) is 11.1 Å². The Labute approximate surface area is 197 Å². The third kappa shape index (κ3) is 5.95. The fourth-order valence-corrected chi connectivity index (χ4v) is 4.14. The second-order valence-corrected chi connectivity index (χ2v) is 8.37. The van der Waals surface area contributed by atoms with Crippen LogP contribution in [0.15, 0.2) is 48.5 Å². The van der Waals surface area contributed by atoms with Gasteiger partial charge in [-0.05, 0) is 49.4 Å². The third-order valence-electron chi connectivity index (χ3n) is 5.35. The summed E-state index contributed by atoms with van der Waals surface area (Å²) < 4.78 is 12.0. The fraction of sp³-hybridized carbons (Fsp3) is 0.440. The molecule has 0 N–H and O–H groups in total. The molecule has 1 aliphatic heterocycles. The standard InChI is InChI=1S/C25H32N2O2S2/c1-3-5-11-17-28-24(30)26-19-27(25(31)29-18-12-6-4-2)23-16-10-8-14-21(23)20-13-7-9-15-22(20)26/h7-10,13-16H,3-6,11-12,17-19H2,1-2H3. The molecule has 0 unspecified atom stereocenters. The van der Waals surface area contributed by atoms with Crippen molar-refractivity contribution in [3.8, 4) is 11.1 Å². The number of fused-ring (bicyclic) bond motifs is 3. The van der Waals surface area contributed by atoms with Crippen LogP contribution in [-0.4, -0.2) is 30.2 Å².